The molecule has 0 saturated heterocycles. The summed E-state index contributed by atoms with van der Waals surface area (Å²) in [6.45, 7) is 6.65. The highest BCUT2D eigenvalue weighted by molar-refractivity contribution is 5.71. The lowest BCUT2D eigenvalue weighted by Crippen LogP contribution is -2.30. The molecule has 0 rings (SSSR count). The van der Waals surface area contributed by atoms with Crippen LogP contribution in [-0.2, 0) is 28.6 Å². The fourth-order valence-electron chi connectivity index (χ4n) is 9.80. The molecule has 0 bridgehead atoms. The molecule has 0 heterocycles. The van der Waals surface area contributed by atoms with Crippen LogP contribution in [0.25, 0.3) is 0 Å². The number of hydrogen-bond acceptors (Lipinski definition) is 6. The average Bonchev–Trinajstić information content (AvgIpc) is 3.41. The fraction of sp³-hybridized carbons (Fsp3) is 0.841. The first-order valence-electron chi connectivity index (χ1n) is 33.1. The van der Waals surface area contributed by atoms with E-state index in [-0.39, 0.29) is 31.1 Å². The van der Waals surface area contributed by atoms with Crippen molar-refractivity contribution in [2.75, 3.05) is 13.2 Å². The number of ether oxygens (including phenoxy) is 3. The molecule has 0 radical (unpaired) electrons. The molecule has 0 aliphatic rings. The maximum Gasteiger partial charge on any atom is 0.306 e. The molecule has 75 heavy (non-hydrogen) atoms. The topological polar surface area (TPSA) is 78.9 Å². The second kappa shape index (κ2) is 63.9. The summed E-state index contributed by atoms with van der Waals surface area (Å²) >= 11 is 0. The van der Waals surface area contributed by atoms with Gasteiger partial charge >= 0.3 is 17.9 Å². The van der Waals surface area contributed by atoms with Gasteiger partial charge in [0.1, 0.15) is 13.2 Å². The van der Waals surface area contributed by atoms with Crippen molar-refractivity contribution >= 4 is 17.9 Å². The first-order valence-corrected chi connectivity index (χ1v) is 33.1. The van der Waals surface area contributed by atoms with Gasteiger partial charge < -0.3 is 14.2 Å². The lowest BCUT2D eigenvalue weighted by atomic mass is 10.0. The van der Waals surface area contributed by atoms with E-state index >= 15 is 0 Å². The molecular formula is C69H126O6. The fourth-order valence-corrected chi connectivity index (χ4v) is 9.80. The molecular weight excluding hydrogens is 925 g/mol. The number of esters is 3. The molecule has 0 spiro atoms. The van der Waals surface area contributed by atoms with Gasteiger partial charge in [0, 0.05) is 19.3 Å². The van der Waals surface area contributed by atoms with Crippen molar-refractivity contribution in [3.8, 4) is 0 Å². The van der Waals surface area contributed by atoms with Gasteiger partial charge in [0.15, 0.2) is 6.10 Å². The Morgan fingerprint density at radius 2 is 0.480 bits per heavy atom. The van der Waals surface area contributed by atoms with E-state index in [1.807, 2.05) is 0 Å². The van der Waals surface area contributed by atoms with Crippen LogP contribution in [0.4, 0.5) is 0 Å². The van der Waals surface area contributed by atoms with Gasteiger partial charge in [-0.05, 0) is 83.5 Å². The minimum absolute atomic E-state index is 0.0745. The standard InChI is InChI=1S/C69H126O6/c1-4-7-10-13-16-19-22-25-27-29-31-32-33-34-35-36-38-39-41-44-47-50-53-56-59-62-68(71)74-65-66(64-73-67(70)61-58-55-52-49-46-43-24-21-18-15-12-9-6-3)75-69(72)63-60-57-54-51-48-45-42-40-37-30-28-26-23-20-17-14-11-8-5-2/h17,20,26,28-29,31,37,40,66H,4-16,18-19,21-25,27,30,32-36,38-39,41-65H2,1-3H3/b20-17-,28-26-,31-29-,40-37-. The number of carbonyl (C=O) groups is 3. The van der Waals surface area contributed by atoms with Crippen molar-refractivity contribution in [3.63, 3.8) is 0 Å². The molecule has 438 valence electrons. The Balaban J connectivity index is 4.28. The minimum atomic E-state index is -0.778. The first kappa shape index (κ1) is 72.4. The molecule has 0 aliphatic heterocycles. The van der Waals surface area contributed by atoms with E-state index in [4.69, 9.17) is 14.2 Å². The Morgan fingerprint density at radius 3 is 0.787 bits per heavy atom. The zero-order chi connectivity index (χ0) is 54.3. The van der Waals surface area contributed by atoms with E-state index in [2.05, 4.69) is 69.4 Å². The van der Waals surface area contributed by atoms with Gasteiger partial charge in [0.25, 0.3) is 0 Å². The third-order valence-corrected chi connectivity index (χ3v) is 14.8. The minimum Gasteiger partial charge on any atom is -0.462 e. The summed E-state index contributed by atoms with van der Waals surface area (Å²) in [5.74, 6) is -0.866. The smallest absolute Gasteiger partial charge is 0.306 e. The largest absolute Gasteiger partial charge is 0.462 e. The van der Waals surface area contributed by atoms with Crippen molar-refractivity contribution in [2.45, 2.75) is 361 Å². The van der Waals surface area contributed by atoms with E-state index in [1.165, 1.54) is 238 Å². The van der Waals surface area contributed by atoms with Crippen LogP contribution in [0, 0.1) is 0 Å². The Hall–Kier alpha value is -2.63. The monoisotopic (exact) mass is 1050 g/mol. The van der Waals surface area contributed by atoms with Crippen LogP contribution in [0.5, 0.6) is 0 Å². The summed E-state index contributed by atoms with van der Waals surface area (Å²) in [7, 11) is 0. The zero-order valence-corrected chi connectivity index (χ0v) is 50.3. The number of unbranched alkanes of at least 4 members (excludes halogenated alkanes) is 42. The molecule has 0 saturated carbocycles. The number of rotatable bonds is 61. The molecule has 0 aliphatic carbocycles. The van der Waals surface area contributed by atoms with Crippen LogP contribution >= 0.6 is 0 Å². The highest BCUT2D eigenvalue weighted by Crippen LogP contribution is 2.17. The van der Waals surface area contributed by atoms with Gasteiger partial charge in [-0.1, -0.05) is 301 Å². The number of carbonyl (C=O) groups excluding carboxylic acids is 3. The van der Waals surface area contributed by atoms with E-state index in [9.17, 15) is 14.4 Å². The normalized spacial score (nSPS) is 12.3. The molecule has 0 N–H and O–H groups in total. The first-order chi connectivity index (χ1) is 37.0. The number of hydrogen-bond donors (Lipinski definition) is 0. The second-order valence-corrected chi connectivity index (χ2v) is 22.4. The van der Waals surface area contributed by atoms with Crippen LogP contribution < -0.4 is 0 Å². The van der Waals surface area contributed by atoms with Gasteiger partial charge in [-0.15, -0.1) is 0 Å². The molecule has 0 aromatic heterocycles. The van der Waals surface area contributed by atoms with Crippen LogP contribution in [0.3, 0.4) is 0 Å². The molecule has 0 fully saturated rings. The van der Waals surface area contributed by atoms with Gasteiger partial charge in [0.05, 0.1) is 0 Å². The van der Waals surface area contributed by atoms with Gasteiger partial charge in [-0.2, -0.15) is 0 Å². The zero-order valence-electron chi connectivity index (χ0n) is 50.3. The van der Waals surface area contributed by atoms with Crippen molar-refractivity contribution in [1.29, 1.82) is 0 Å². The Bertz CT molecular complexity index is 1300. The van der Waals surface area contributed by atoms with Crippen LogP contribution in [0.15, 0.2) is 48.6 Å². The van der Waals surface area contributed by atoms with E-state index in [0.717, 1.165) is 77.0 Å². The van der Waals surface area contributed by atoms with Crippen molar-refractivity contribution < 1.29 is 28.6 Å². The van der Waals surface area contributed by atoms with Gasteiger partial charge in [-0.25, -0.2) is 0 Å². The van der Waals surface area contributed by atoms with Crippen molar-refractivity contribution in [1.82, 2.24) is 0 Å². The summed E-state index contributed by atoms with van der Waals surface area (Å²) in [5.41, 5.74) is 0. The van der Waals surface area contributed by atoms with Gasteiger partial charge in [0.2, 0.25) is 0 Å². The van der Waals surface area contributed by atoms with Crippen molar-refractivity contribution in [3.05, 3.63) is 48.6 Å². The van der Waals surface area contributed by atoms with Crippen LogP contribution in [-0.4, -0.2) is 37.2 Å². The molecule has 6 nitrogen and oxygen atoms in total. The summed E-state index contributed by atoms with van der Waals surface area (Å²) < 4.78 is 16.9. The Morgan fingerprint density at radius 1 is 0.267 bits per heavy atom. The van der Waals surface area contributed by atoms with Gasteiger partial charge in [-0.3, -0.25) is 14.4 Å². The average molecular weight is 1050 g/mol. The lowest BCUT2D eigenvalue weighted by Gasteiger charge is -2.18. The summed E-state index contributed by atoms with van der Waals surface area (Å²) in [5, 5.41) is 0. The lowest BCUT2D eigenvalue weighted by molar-refractivity contribution is -0.167. The molecule has 1 unspecified atom stereocenters. The predicted molar refractivity (Wildman–Crippen MR) is 325 cm³/mol. The third kappa shape index (κ3) is 62.1. The van der Waals surface area contributed by atoms with Crippen LogP contribution in [0.1, 0.15) is 355 Å². The third-order valence-electron chi connectivity index (χ3n) is 14.8. The highest BCUT2D eigenvalue weighted by atomic mass is 16.6. The summed E-state index contributed by atoms with van der Waals surface area (Å²) in [6.07, 6.45) is 79.8. The summed E-state index contributed by atoms with van der Waals surface area (Å²) in [6, 6.07) is 0. The van der Waals surface area contributed by atoms with E-state index in [1.54, 1.807) is 0 Å². The molecule has 0 aromatic carbocycles. The number of allylic oxidation sites excluding steroid dienone is 8. The molecule has 0 aromatic rings. The Labute approximate surface area is 467 Å². The van der Waals surface area contributed by atoms with E-state index < -0.39 is 6.10 Å². The molecule has 6 heteroatoms. The predicted octanol–water partition coefficient (Wildman–Crippen LogP) is 22.6. The SMILES string of the molecule is CCCCC/C=C\C/C=C\C/C=C\CCCCCCCCC(=O)OC(COC(=O)CCCCCCCCCCCCCCC)COC(=O)CCCCCCCCCCCCCCC/C=C\CCCCCCCCCC. The van der Waals surface area contributed by atoms with E-state index in [0.29, 0.717) is 19.3 Å². The Kier molecular flexibility index (Phi) is 61.7. The van der Waals surface area contributed by atoms with Crippen molar-refractivity contribution in [2.24, 2.45) is 0 Å². The highest BCUT2D eigenvalue weighted by Gasteiger charge is 2.19. The maximum atomic E-state index is 12.9. The second-order valence-electron chi connectivity index (χ2n) is 22.4. The molecule has 0 amide bonds. The summed E-state index contributed by atoms with van der Waals surface area (Å²) in [4.78, 5) is 38.3. The quantitative estimate of drug-likeness (QED) is 0.0261. The maximum absolute atomic E-state index is 12.9. The van der Waals surface area contributed by atoms with Crippen LogP contribution in [0.2, 0.25) is 0 Å². The molecule has 1 atom stereocenters.